The van der Waals surface area contributed by atoms with Crippen molar-refractivity contribution in [3.05, 3.63) is 71.8 Å². The third-order valence-electron chi connectivity index (χ3n) is 5.70. The molecule has 0 spiro atoms. The maximum Gasteiger partial charge on any atom is 0.407 e. The summed E-state index contributed by atoms with van der Waals surface area (Å²) in [4.78, 5) is 14.7. The highest BCUT2D eigenvalue weighted by molar-refractivity contribution is 5.67. The van der Waals surface area contributed by atoms with Crippen LogP contribution < -0.4 is 5.32 Å². The summed E-state index contributed by atoms with van der Waals surface area (Å²) in [7, 11) is 0. The Bertz CT molecular complexity index is 719. The van der Waals surface area contributed by atoms with Crippen LogP contribution in [0.25, 0.3) is 0 Å². The van der Waals surface area contributed by atoms with Crippen molar-refractivity contribution in [2.45, 2.75) is 32.0 Å². The Morgan fingerprint density at radius 2 is 1.65 bits per heavy atom. The van der Waals surface area contributed by atoms with Gasteiger partial charge >= 0.3 is 6.09 Å². The van der Waals surface area contributed by atoms with E-state index in [1.165, 1.54) is 12.0 Å². The molecule has 4 heteroatoms. The van der Waals surface area contributed by atoms with Crippen LogP contribution in [0.4, 0.5) is 4.79 Å². The molecule has 26 heavy (non-hydrogen) atoms. The van der Waals surface area contributed by atoms with E-state index in [0.29, 0.717) is 18.4 Å². The van der Waals surface area contributed by atoms with Crippen LogP contribution in [0, 0.1) is 11.8 Å². The summed E-state index contributed by atoms with van der Waals surface area (Å²) in [6.07, 6.45) is 1.97. The first-order valence-electron chi connectivity index (χ1n) is 9.51. The Labute approximate surface area is 155 Å². The van der Waals surface area contributed by atoms with Gasteiger partial charge in [0.05, 0.1) is 0 Å². The van der Waals surface area contributed by atoms with E-state index in [9.17, 15) is 4.79 Å². The van der Waals surface area contributed by atoms with Crippen molar-refractivity contribution in [2.24, 2.45) is 11.8 Å². The number of fused-ring (bicyclic) bond motifs is 1. The van der Waals surface area contributed by atoms with Crippen LogP contribution in [0.1, 0.15) is 24.0 Å². The number of ether oxygens (including phenoxy) is 1. The van der Waals surface area contributed by atoms with Gasteiger partial charge in [0.1, 0.15) is 6.61 Å². The Balaban J connectivity index is 1.27. The van der Waals surface area contributed by atoms with Gasteiger partial charge in [0, 0.05) is 25.7 Å². The predicted octanol–water partition coefficient (Wildman–Crippen LogP) is 3.82. The molecule has 2 aromatic rings. The van der Waals surface area contributed by atoms with Gasteiger partial charge in [-0.15, -0.1) is 0 Å². The van der Waals surface area contributed by atoms with Gasteiger partial charge in [-0.05, 0) is 35.8 Å². The minimum Gasteiger partial charge on any atom is -0.445 e. The second-order valence-electron chi connectivity index (χ2n) is 7.49. The number of hydrogen-bond acceptors (Lipinski definition) is 3. The molecule has 2 aliphatic rings. The first-order chi connectivity index (χ1) is 12.8. The molecule has 1 saturated heterocycles. The minimum absolute atomic E-state index is 0.240. The number of nitrogens with zero attached hydrogens (tertiary/aromatic N) is 1. The van der Waals surface area contributed by atoms with Crippen molar-refractivity contribution in [3.8, 4) is 0 Å². The van der Waals surface area contributed by atoms with Gasteiger partial charge in [0.2, 0.25) is 0 Å². The molecule has 1 amide bonds. The van der Waals surface area contributed by atoms with E-state index in [4.69, 9.17) is 4.74 Å². The number of nitrogens with one attached hydrogen (secondary N) is 1. The molecule has 3 atom stereocenters. The minimum atomic E-state index is -0.291. The molecule has 1 saturated carbocycles. The van der Waals surface area contributed by atoms with Crippen molar-refractivity contribution < 1.29 is 9.53 Å². The van der Waals surface area contributed by atoms with Crippen molar-refractivity contribution in [3.63, 3.8) is 0 Å². The average Bonchev–Trinajstić information content (AvgIpc) is 3.23. The molecule has 0 aromatic heterocycles. The smallest absolute Gasteiger partial charge is 0.407 e. The van der Waals surface area contributed by atoms with E-state index < -0.39 is 0 Å². The number of amides is 1. The SMILES string of the molecule is O=C(NC1CCC2CN(Cc3ccccc3)CC21)OCc1ccccc1. The Morgan fingerprint density at radius 3 is 2.38 bits per heavy atom. The standard InChI is InChI=1S/C22H26N2O2/c25-22(26-16-18-9-5-2-6-10-18)23-21-12-11-19-14-24(15-20(19)21)13-17-7-3-1-4-8-17/h1-10,19-21H,11-16H2,(H,23,25). The number of hydrogen-bond donors (Lipinski definition) is 1. The first kappa shape index (κ1) is 17.1. The topological polar surface area (TPSA) is 41.6 Å². The molecular weight excluding hydrogens is 324 g/mol. The van der Waals surface area contributed by atoms with Crippen molar-refractivity contribution in [1.29, 1.82) is 0 Å². The average molecular weight is 350 g/mol. The highest BCUT2D eigenvalue weighted by Crippen LogP contribution is 2.38. The fraction of sp³-hybridized carbons (Fsp3) is 0.409. The third kappa shape index (κ3) is 4.07. The zero-order valence-electron chi connectivity index (χ0n) is 15.0. The second kappa shape index (κ2) is 7.92. The summed E-state index contributed by atoms with van der Waals surface area (Å²) in [6, 6.07) is 20.7. The largest absolute Gasteiger partial charge is 0.445 e. The number of benzene rings is 2. The molecule has 0 bridgehead atoms. The Hall–Kier alpha value is -2.33. The predicted molar refractivity (Wildman–Crippen MR) is 101 cm³/mol. The van der Waals surface area contributed by atoms with E-state index in [0.717, 1.165) is 31.6 Å². The second-order valence-corrected chi connectivity index (χ2v) is 7.49. The van der Waals surface area contributed by atoms with Gasteiger partial charge in [-0.25, -0.2) is 4.79 Å². The van der Waals surface area contributed by atoms with Crippen LogP contribution in [-0.2, 0) is 17.9 Å². The molecule has 0 radical (unpaired) electrons. The van der Waals surface area contributed by atoms with Crippen LogP contribution in [0.5, 0.6) is 0 Å². The zero-order valence-corrected chi connectivity index (χ0v) is 15.0. The van der Waals surface area contributed by atoms with Crippen molar-refractivity contribution in [1.82, 2.24) is 10.2 Å². The molecular formula is C22H26N2O2. The van der Waals surface area contributed by atoms with Crippen LogP contribution in [0.3, 0.4) is 0 Å². The van der Waals surface area contributed by atoms with E-state index in [1.807, 2.05) is 30.3 Å². The Morgan fingerprint density at radius 1 is 0.962 bits per heavy atom. The first-order valence-corrected chi connectivity index (χ1v) is 9.51. The van der Waals surface area contributed by atoms with Crippen molar-refractivity contribution >= 4 is 6.09 Å². The molecule has 4 rings (SSSR count). The molecule has 2 fully saturated rings. The van der Waals surface area contributed by atoms with E-state index >= 15 is 0 Å². The summed E-state index contributed by atoms with van der Waals surface area (Å²) in [6.45, 7) is 3.52. The molecule has 1 heterocycles. The number of likely N-dealkylation sites (tertiary alicyclic amines) is 1. The molecule has 1 aliphatic heterocycles. The summed E-state index contributed by atoms with van der Waals surface area (Å²) >= 11 is 0. The number of carbonyl (C=O) groups is 1. The lowest BCUT2D eigenvalue weighted by Crippen LogP contribution is -2.39. The van der Waals surface area contributed by atoms with E-state index in [2.05, 4.69) is 40.5 Å². The molecule has 2 aromatic carbocycles. The van der Waals surface area contributed by atoms with E-state index in [1.54, 1.807) is 0 Å². The molecule has 3 unspecified atom stereocenters. The fourth-order valence-electron chi connectivity index (χ4n) is 4.42. The summed E-state index contributed by atoms with van der Waals surface area (Å²) in [5.41, 5.74) is 2.38. The number of rotatable bonds is 5. The lowest BCUT2D eigenvalue weighted by atomic mass is 9.98. The normalized spacial score (nSPS) is 25.0. The van der Waals surface area contributed by atoms with Crippen LogP contribution in [-0.4, -0.2) is 30.1 Å². The number of alkyl carbamates (subject to hydrolysis) is 1. The highest BCUT2D eigenvalue weighted by Gasteiger charge is 2.43. The lowest BCUT2D eigenvalue weighted by molar-refractivity contribution is 0.132. The van der Waals surface area contributed by atoms with Gasteiger partial charge < -0.3 is 10.1 Å². The van der Waals surface area contributed by atoms with Gasteiger partial charge in [0.25, 0.3) is 0 Å². The maximum absolute atomic E-state index is 12.2. The molecule has 1 aliphatic carbocycles. The van der Waals surface area contributed by atoms with Crippen molar-refractivity contribution in [2.75, 3.05) is 13.1 Å². The van der Waals surface area contributed by atoms with Gasteiger partial charge in [-0.2, -0.15) is 0 Å². The van der Waals surface area contributed by atoms with Crippen LogP contribution in [0.15, 0.2) is 60.7 Å². The summed E-state index contributed by atoms with van der Waals surface area (Å²) < 4.78 is 5.40. The highest BCUT2D eigenvalue weighted by atomic mass is 16.5. The number of carbonyl (C=O) groups excluding carboxylic acids is 1. The van der Waals surface area contributed by atoms with Crippen LogP contribution >= 0.6 is 0 Å². The lowest BCUT2D eigenvalue weighted by Gasteiger charge is -2.21. The summed E-state index contributed by atoms with van der Waals surface area (Å²) in [5, 5.41) is 3.12. The quantitative estimate of drug-likeness (QED) is 0.891. The van der Waals surface area contributed by atoms with Crippen LogP contribution in [0.2, 0.25) is 0 Å². The van der Waals surface area contributed by atoms with Gasteiger partial charge in [0.15, 0.2) is 0 Å². The van der Waals surface area contributed by atoms with E-state index in [-0.39, 0.29) is 12.1 Å². The monoisotopic (exact) mass is 350 g/mol. The Kier molecular flexibility index (Phi) is 5.21. The van der Waals surface area contributed by atoms with Gasteiger partial charge in [-0.3, -0.25) is 4.90 Å². The van der Waals surface area contributed by atoms with Gasteiger partial charge in [-0.1, -0.05) is 60.7 Å². The maximum atomic E-state index is 12.2. The molecule has 136 valence electrons. The fourth-order valence-corrected chi connectivity index (χ4v) is 4.42. The zero-order chi connectivity index (χ0) is 17.8. The molecule has 1 N–H and O–H groups in total. The third-order valence-corrected chi connectivity index (χ3v) is 5.70. The summed E-state index contributed by atoms with van der Waals surface area (Å²) in [5.74, 6) is 1.24. The molecule has 4 nitrogen and oxygen atoms in total.